The van der Waals surface area contributed by atoms with Gasteiger partial charge in [-0.1, -0.05) is 0 Å². The summed E-state index contributed by atoms with van der Waals surface area (Å²) in [5, 5.41) is 1.95. The third-order valence-electron chi connectivity index (χ3n) is 1.34. The summed E-state index contributed by atoms with van der Waals surface area (Å²) in [5.41, 5.74) is -0.434. The maximum Gasteiger partial charge on any atom is 0.260 e. The van der Waals surface area contributed by atoms with Gasteiger partial charge in [-0.25, -0.2) is 0 Å². The van der Waals surface area contributed by atoms with E-state index in [0.717, 1.165) is 0 Å². The van der Waals surface area contributed by atoms with E-state index in [1.54, 1.807) is 0 Å². The Morgan fingerprint density at radius 1 is 1.36 bits per heavy atom. The van der Waals surface area contributed by atoms with E-state index in [4.69, 9.17) is 4.11 Å². The van der Waals surface area contributed by atoms with Crippen LogP contribution in [0.15, 0.2) is 18.4 Å². The summed E-state index contributed by atoms with van der Waals surface area (Å²) in [4.78, 5) is 25.6. The maximum atomic E-state index is 11.2. The summed E-state index contributed by atoms with van der Waals surface area (Å²) < 4.78 is 21.8. The molecule has 0 aromatic carbocycles. The molecule has 0 saturated carbocycles. The van der Waals surface area contributed by atoms with E-state index in [1.165, 1.54) is 0 Å². The zero-order chi connectivity index (χ0) is 10.5. The Kier molecular flexibility index (Phi) is 0.619. The molecule has 54 valence electrons. The van der Waals surface area contributed by atoms with E-state index in [1.807, 2.05) is 5.32 Å². The van der Waals surface area contributed by atoms with Crippen molar-refractivity contribution in [2.75, 3.05) is 0 Å². The molecule has 0 aliphatic carbocycles. The van der Waals surface area contributed by atoms with E-state index in [0.29, 0.717) is 0 Å². The molecule has 0 atom stereocenters. The monoisotopic (exact) mass is 151 g/mol. The second kappa shape index (κ2) is 1.88. The van der Waals surface area contributed by atoms with Crippen molar-refractivity contribution in [3.63, 3.8) is 0 Å². The summed E-state index contributed by atoms with van der Waals surface area (Å²) in [6.45, 7) is 0. The van der Waals surface area contributed by atoms with Crippen LogP contribution in [0.3, 0.4) is 0 Å². The molecule has 2 amide bonds. The van der Waals surface area contributed by atoms with Crippen LogP contribution in [0, 0.1) is 0 Å². The maximum absolute atomic E-state index is 11.2. The number of nitrogens with one attached hydrogen (secondary N) is 1. The Hall–Kier alpha value is -1.71. The van der Waals surface area contributed by atoms with E-state index >= 15 is 0 Å². The van der Waals surface area contributed by atoms with Crippen LogP contribution in [0.25, 0.3) is 0 Å². The molecule has 1 aliphatic heterocycles. The number of rotatable bonds is 0. The van der Waals surface area contributed by atoms with Crippen LogP contribution in [0.4, 0.5) is 0 Å². The van der Waals surface area contributed by atoms with Crippen LogP contribution < -0.4 is 5.32 Å². The molecule has 2 rings (SSSR count). The normalized spacial score (nSPS) is 18.4. The molecule has 0 radical (unpaired) electrons. The molecule has 0 unspecified atom stereocenters. The quantitative estimate of drug-likeness (QED) is 0.529. The van der Waals surface area contributed by atoms with Gasteiger partial charge in [0.15, 0.2) is 0 Å². The fourth-order valence-corrected chi connectivity index (χ4v) is 0.849. The number of pyridine rings is 1. The molecule has 1 aliphatic rings. The van der Waals surface area contributed by atoms with Gasteiger partial charge in [0.2, 0.25) is 0 Å². The average Bonchev–Trinajstić information content (AvgIpc) is 2.38. The Morgan fingerprint density at radius 3 is 2.91 bits per heavy atom. The second-order valence-corrected chi connectivity index (χ2v) is 1.99. The summed E-state index contributed by atoms with van der Waals surface area (Å²) in [6.07, 6.45) is -0.914. The Labute approximate surface area is 66.5 Å². The molecular weight excluding hydrogens is 144 g/mol. The van der Waals surface area contributed by atoms with Crippen molar-refractivity contribution in [3.8, 4) is 0 Å². The van der Waals surface area contributed by atoms with Gasteiger partial charge in [0.1, 0.15) is 0 Å². The fourth-order valence-electron chi connectivity index (χ4n) is 0.849. The van der Waals surface area contributed by atoms with Gasteiger partial charge in [0, 0.05) is 12.3 Å². The second-order valence-electron chi connectivity index (χ2n) is 1.99. The Balaban J connectivity index is 2.86. The lowest BCUT2D eigenvalue weighted by Gasteiger charge is -1.87. The van der Waals surface area contributed by atoms with Gasteiger partial charge < -0.3 is 0 Å². The van der Waals surface area contributed by atoms with Crippen molar-refractivity contribution in [2.45, 2.75) is 0 Å². The highest BCUT2D eigenvalue weighted by atomic mass is 16.2. The van der Waals surface area contributed by atoms with Crippen LogP contribution in [-0.4, -0.2) is 16.8 Å². The predicted molar refractivity (Wildman–Crippen MR) is 36.0 cm³/mol. The van der Waals surface area contributed by atoms with Gasteiger partial charge in [-0.05, 0) is 6.04 Å². The van der Waals surface area contributed by atoms with Crippen molar-refractivity contribution >= 4 is 11.8 Å². The summed E-state index contributed by atoms with van der Waals surface area (Å²) >= 11 is 0. The number of amides is 2. The third-order valence-corrected chi connectivity index (χ3v) is 1.34. The van der Waals surface area contributed by atoms with E-state index < -0.39 is 30.2 Å². The van der Waals surface area contributed by atoms with Gasteiger partial charge in [0.25, 0.3) is 11.8 Å². The van der Waals surface area contributed by atoms with Gasteiger partial charge >= 0.3 is 0 Å². The van der Waals surface area contributed by atoms with Crippen molar-refractivity contribution in [2.24, 2.45) is 0 Å². The standard InChI is InChI=1S/C7H4N2O2/c10-6-4-1-2-8-3-5(4)7(11)9-6/h1-3H,(H,9,10,11)/i1D,2D,3D. The number of aromatic nitrogens is 1. The molecule has 4 nitrogen and oxygen atoms in total. The van der Waals surface area contributed by atoms with Crippen molar-refractivity contribution in [1.29, 1.82) is 0 Å². The van der Waals surface area contributed by atoms with Gasteiger partial charge in [-0.2, -0.15) is 0 Å². The molecule has 1 aromatic rings. The fraction of sp³-hybridized carbons (Fsp3) is 0. The first-order valence-electron chi connectivity index (χ1n) is 4.36. The SMILES string of the molecule is [2H]c1nc([2H])c2c(c1[2H])C(=O)NC2=O. The summed E-state index contributed by atoms with van der Waals surface area (Å²) in [6, 6.07) is -0.417. The predicted octanol–water partition coefficient (Wildman–Crippen LogP) is -0.0348. The first-order chi connectivity index (χ1) is 6.52. The highest BCUT2D eigenvalue weighted by Crippen LogP contribution is 2.12. The minimum atomic E-state index is -0.737. The molecule has 1 aromatic heterocycles. The van der Waals surface area contributed by atoms with Gasteiger partial charge in [-0.3, -0.25) is 19.9 Å². The Morgan fingerprint density at radius 2 is 2.09 bits per heavy atom. The van der Waals surface area contributed by atoms with E-state index in [2.05, 4.69) is 4.98 Å². The minimum absolute atomic E-state index is 0.212. The summed E-state index contributed by atoms with van der Waals surface area (Å²) in [5.74, 6) is -1.46. The van der Waals surface area contributed by atoms with Gasteiger partial charge in [-0.15, -0.1) is 0 Å². The lowest BCUT2D eigenvalue weighted by molar-refractivity contribution is 0.0879. The van der Waals surface area contributed by atoms with Crippen LogP contribution in [0.5, 0.6) is 0 Å². The number of imide groups is 1. The number of fused-ring (bicyclic) bond motifs is 1. The van der Waals surface area contributed by atoms with E-state index in [9.17, 15) is 9.59 Å². The molecule has 0 spiro atoms. The van der Waals surface area contributed by atoms with Crippen molar-refractivity contribution in [1.82, 2.24) is 10.3 Å². The largest absolute Gasteiger partial charge is 0.288 e. The molecule has 4 heteroatoms. The first-order valence-corrected chi connectivity index (χ1v) is 2.86. The third kappa shape index (κ3) is 0.724. The highest BCUT2D eigenvalue weighted by Gasteiger charge is 2.25. The number of carbonyl (C=O) groups excluding carboxylic acids is 2. The van der Waals surface area contributed by atoms with Crippen LogP contribution >= 0.6 is 0 Å². The lowest BCUT2D eigenvalue weighted by atomic mass is 10.2. The lowest BCUT2D eigenvalue weighted by Crippen LogP contribution is -2.19. The molecule has 0 saturated heterocycles. The molecule has 1 N–H and O–H groups in total. The smallest absolute Gasteiger partial charge is 0.260 e. The number of nitrogens with zero attached hydrogens (tertiary/aromatic N) is 1. The first kappa shape index (κ1) is 3.61. The topological polar surface area (TPSA) is 59.1 Å². The minimum Gasteiger partial charge on any atom is -0.288 e. The van der Waals surface area contributed by atoms with Crippen LogP contribution in [0.1, 0.15) is 24.8 Å². The molecular formula is C7H4N2O2. The zero-order valence-electron chi connectivity index (χ0n) is 8.26. The van der Waals surface area contributed by atoms with Crippen LogP contribution in [-0.2, 0) is 0 Å². The zero-order valence-corrected chi connectivity index (χ0v) is 5.26. The van der Waals surface area contributed by atoms with Crippen molar-refractivity contribution < 1.29 is 13.7 Å². The number of carbonyl (C=O) groups is 2. The molecule has 0 fully saturated rings. The van der Waals surface area contributed by atoms with Gasteiger partial charge in [0.05, 0.1) is 15.2 Å². The number of hydrogen-bond donors (Lipinski definition) is 1. The molecule has 11 heavy (non-hydrogen) atoms. The average molecular weight is 151 g/mol. The molecule has 0 bridgehead atoms. The summed E-state index contributed by atoms with van der Waals surface area (Å²) in [7, 11) is 0. The Bertz CT molecular complexity index is 472. The van der Waals surface area contributed by atoms with E-state index in [-0.39, 0.29) is 11.1 Å². The highest BCUT2D eigenvalue weighted by molar-refractivity contribution is 6.21. The van der Waals surface area contributed by atoms with Crippen molar-refractivity contribution in [3.05, 3.63) is 29.5 Å². The molecule has 2 heterocycles. The number of hydrogen-bond acceptors (Lipinski definition) is 3. The van der Waals surface area contributed by atoms with Crippen LogP contribution in [0.2, 0.25) is 0 Å².